The Kier molecular flexibility index (Phi) is 5.59. The fourth-order valence-corrected chi connectivity index (χ4v) is 4.24. The maximum Gasteiger partial charge on any atom is 0.241 e. The summed E-state index contributed by atoms with van der Waals surface area (Å²) >= 11 is 0. The molecule has 8 nitrogen and oxygen atoms in total. The highest BCUT2D eigenvalue weighted by Gasteiger charge is 2.25. The molecule has 0 bridgehead atoms. The van der Waals surface area contributed by atoms with Crippen molar-refractivity contribution in [3.63, 3.8) is 0 Å². The van der Waals surface area contributed by atoms with Crippen LogP contribution in [0.15, 0.2) is 23.1 Å². The molecule has 1 fully saturated rings. The second kappa shape index (κ2) is 7.73. The van der Waals surface area contributed by atoms with Crippen molar-refractivity contribution < 1.29 is 22.7 Å². The van der Waals surface area contributed by atoms with Gasteiger partial charge >= 0.3 is 0 Å². The zero-order chi connectivity index (χ0) is 18.7. The van der Waals surface area contributed by atoms with E-state index in [0.717, 1.165) is 24.1 Å². The minimum atomic E-state index is -3.80. The van der Waals surface area contributed by atoms with Crippen molar-refractivity contribution >= 4 is 27.5 Å². The van der Waals surface area contributed by atoms with Gasteiger partial charge in [-0.15, -0.1) is 0 Å². The lowest BCUT2D eigenvalue weighted by atomic mass is 10.2. The van der Waals surface area contributed by atoms with Gasteiger partial charge in [0.2, 0.25) is 21.8 Å². The van der Waals surface area contributed by atoms with E-state index in [1.807, 2.05) is 0 Å². The molecule has 2 heterocycles. The lowest BCUT2D eigenvalue weighted by molar-refractivity contribution is -0.120. The summed E-state index contributed by atoms with van der Waals surface area (Å²) in [5.41, 5.74) is 1.55. The van der Waals surface area contributed by atoms with E-state index in [0.29, 0.717) is 26.1 Å². The Hall–Kier alpha value is -1.97. The quantitative estimate of drug-likeness (QED) is 0.731. The van der Waals surface area contributed by atoms with E-state index < -0.39 is 15.9 Å². The van der Waals surface area contributed by atoms with Crippen LogP contribution in [0.3, 0.4) is 0 Å². The van der Waals surface area contributed by atoms with Gasteiger partial charge in [-0.3, -0.25) is 9.59 Å². The number of hydrogen-bond donors (Lipinski definition) is 2. The first-order chi connectivity index (χ1) is 12.4. The van der Waals surface area contributed by atoms with Gasteiger partial charge in [0.25, 0.3) is 0 Å². The van der Waals surface area contributed by atoms with E-state index in [9.17, 15) is 18.0 Å². The zero-order valence-corrected chi connectivity index (χ0v) is 15.5. The number of carbonyl (C=O) groups excluding carboxylic acids is 2. The van der Waals surface area contributed by atoms with Gasteiger partial charge in [0, 0.05) is 32.3 Å². The van der Waals surface area contributed by atoms with Crippen LogP contribution in [0.4, 0.5) is 5.69 Å². The fraction of sp³-hybridized carbons (Fsp3) is 0.529. The Morgan fingerprint density at radius 1 is 1.35 bits per heavy atom. The molecule has 1 saturated heterocycles. The summed E-state index contributed by atoms with van der Waals surface area (Å²) in [4.78, 5) is 25.1. The smallest absolute Gasteiger partial charge is 0.241 e. The lowest BCUT2D eigenvalue weighted by Crippen LogP contribution is -2.39. The van der Waals surface area contributed by atoms with Gasteiger partial charge in [-0.25, -0.2) is 13.1 Å². The summed E-state index contributed by atoms with van der Waals surface area (Å²) < 4.78 is 32.6. The summed E-state index contributed by atoms with van der Waals surface area (Å²) in [6, 6.07) is 4.65. The lowest BCUT2D eigenvalue weighted by Gasteiger charge is -2.15. The Bertz CT molecular complexity index is 803. The van der Waals surface area contributed by atoms with Crippen LogP contribution in [-0.4, -0.2) is 52.6 Å². The van der Waals surface area contributed by atoms with Crippen LogP contribution in [-0.2, 0) is 30.8 Å². The molecular formula is C17H23N3O5S. The molecule has 1 unspecified atom stereocenters. The molecule has 0 aromatic heterocycles. The minimum absolute atomic E-state index is 0.0106. The van der Waals surface area contributed by atoms with Gasteiger partial charge in [0.1, 0.15) is 0 Å². The van der Waals surface area contributed by atoms with Crippen LogP contribution in [0.2, 0.25) is 0 Å². The average Bonchev–Trinajstić information content (AvgIpc) is 3.26. The number of hydrogen-bond acceptors (Lipinski definition) is 5. The third-order valence-corrected chi connectivity index (χ3v) is 6.01. The second-order valence-electron chi connectivity index (χ2n) is 6.47. The van der Waals surface area contributed by atoms with Crippen LogP contribution < -0.4 is 14.9 Å². The van der Waals surface area contributed by atoms with Crippen molar-refractivity contribution in [1.82, 2.24) is 10.0 Å². The Labute approximate surface area is 152 Å². The molecule has 2 aliphatic heterocycles. The number of amides is 2. The second-order valence-corrected chi connectivity index (χ2v) is 8.24. The summed E-state index contributed by atoms with van der Waals surface area (Å²) in [7, 11) is -3.80. The van der Waals surface area contributed by atoms with E-state index >= 15 is 0 Å². The normalized spacial score (nSPS) is 19.4. The van der Waals surface area contributed by atoms with E-state index in [2.05, 4.69) is 10.0 Å². The van der Waals surface area contributed by atoms with Crippen molar-refractivity contribution in [2.24, 2.45) is 0 Å². The highest BCUT2D eigenvalue weighted by molar-refractivity contribution is 7.89. The largest absolute Gasteiger partial charge is 0.376 e. The number of ether oxygens (including phenoxy) is 1. The van der Waals surface area contributed by atoms with Gasteiger partial charge < -0.3 is 15.0 Å². The molecule has 2 N–H and O–H groups in total. The number of nitrogens with one attached hydrogen (secondary N) is 2. The van der Waals surface area contributed by atoms with Crippen LogP contribution >= 0.6 is 0 Å². The maximum atomic E-state index is 12.4. The first kappa shape index (κ1) is 18.8. The summed E-state index contributed by atoms with van der Waals surface area (Å²) in [6.07, 6.45) is 2.50. The number of sulfonamides is 1. The molecule has 3 rings (SSSR count). The van der Waals surface area contributed by atoms with Gasteiger partial charge in [-0.2, -0.15) is 0 Å². The Morgan fingerprint density at radius 2 is 2.15 bits per heavy atom. The van der Waals surface area contributed by atoms with E-state index in [-0.39, 0.29) is 23.5 Å². The van der Waals surface area contributed by atoms with E-state index in [1.165, 1.54) is 13.0 Å². The maximum absolute atomic E-state index is 12.4. The van der Waals surface area contributed by atoms with E-state index in [1.54, 1.807) is 17.0 Å². The molecule has 26 heavy (non-hydrogen) atoms. The standard InChI is InChI=1S/C17H23N3O5S/c1-12(21)20-7-6-13-9-15(4-5-16(13)20)26(23,24)19-11-17(22)18-10-14-3-2-8-25-14/h4-5,9,14,19H,2-3,6-8,10-11H2,1H3,(H,18,22). The molecular weight excluding hydrogens is 358 g/mol. The summed E-state index contributed by atoms with van der Waals surface area (Å²) in [6.45, 7) is 2.79. The first-order valence-electron chi connectivity index (χ1n) is 8.66. The fourth-order valence-electron chi connectivity index (χ4n) is 3.21. The third-order valence-electron chi connectivity index (χ3n) is 4.61. The van der Waals surface area contributed by atoms with Crippen molar-refractivity contribution in [1.29, 1.82) is 0 Å². The molecule has 2 amide bonds. The van der Waals surface area contributed by atoms with Crippen LogP contribution in [0, 0.1) is 0 Å². The molecule has 0 spiro atoms. The monoisotopic (exact) mass is 381 g/mol. The first-order valence-corrected chi connectivity index (χ1v) is 10.1. The topological polar surface area (TPSA) is 105 Å². The zero-order valence-electron chi connectivity index (χ0n) is 14.7. The SMILES string of the molecule is CC(=O)N1CCc2cc(S(=O)(=O)NCC(=O)NCC3CCCO3)ccc21. The van der Waals surface area contributed by atoms with Crippen molar-refractivity contribution in [2.45, 2.75) is 37.2 Å². The molecule has 142 valence electrons. The average molecular weight is 381 g/mol. The molecule has 1 aromatic carbocycles. The Morgan fingerprint density at radius 3 is 2.85 bits per heavy atom. The van der Waals surface area contributed by atoms with E-state index in [4.69, 9.17) is 4.74 Å². The minimum Gasteiger partial charge on any atom is -0.376 e. The molecule has 0 radical (unpaired) electrons. The summed E-state index contributed by atoms with van der Waals surface area (Å²) in [5, 5.41) is 2.67. The highest BCUT2D eigenvalue weighted by Crippen LogP contribution is 2.30. The molecule has 0 saturated carbocycles. The molecule has 1 atom stereocenters. The third kappa shape index (κ3) is 4.22. The number of nitrogens with zero attached hydrogens (tertiary/aromatic N) is 1. The van der Waals surface area contributed by atoms with Gasteiger partial charge in [-0.05, 0) is 43.0 Å². The Balaban J connectivity index is 1.58. The molecule has 2 aliphatic rings. The number of fused-ring (bicyclic) bond motifs is 1. The van der Waals surface area contributed by atoms with Crippen molar-refractivity contribution in [3.05, 3.63) is 23.8 Å². The van der Waals surface area contributed by atoms with Gasteiger partial charge in [0.05, 0.1) is 17.5 Å². The number of anilines is 1. The molecule has 1 aromatic rings. The molecule has 9 heteroatoms. The van der Waals surface area contributed by atoms with Gasteiger partial charge in [0.15, 0.2) is 0 Å². The van der Waals surface area contributed by atoms with Crippen LogP contribution in [0.5, 0.6) is 0 Å². The summed E-state index contributed by atoms with van der Waals surface area (Å²) in [5.74, 6) is -0.464. The van der Waals surface area contributed by atoms with Crippen LogP contribution in [0.25, 0.3) is 0 Å². The predicted octanol–water partition coefficient (Wildman–Crippen LogP) is 0.169. The number of rotatable bonds is 6. The van der Waals surface area contributed by atoms with Crippen molar-refractivity contribution in [3.8, 4) is 0 Å². The number of benzene rings is 1. The molecule has 0 aliphatic carbocycles. The predicted molar refractivity (Wildman–Crippen MR) is 95.3 cm³/mol. The van der Waals surface area contributed by atoms with Crippen LogP contribution in [0.1, 0.15) is 25.3 Å². The highest BCUT2D eigenvalue weighted by atomic mass is 32.2. The van der Waals surface area contributed by atoms with Gasteiger partial charge in [-0.1, -0.05) is 0 Å². The number of carbonyl (C=O) groups is 2. The van der Waals surface area contributed by atoms with Crippen molar-refractivity contribution in [2.75, 3.05) is 31.1 Å².